The van der Waals surface area contributed by atoms with Crippen LogP contribution in [0.3, 0.4) is 0 Å². The molecule has 1 atom stereocenters. The molecule has 0 aliphatic rings. The van der Waals surface area contributed by atoms with Crippen LogP contribution in [0.15, 0.2) is 48.7 Å². The normalized spacial score (nSPS) is 12.0. The van der Waals surface area contributed by atoms with Gasteiger partial charge >= 0.3 is 5.97 Å². The molecule has 134 valence electrons. The van der Waals surface area contributed by atoms with Crippen LogP contribution in [-0.4, -0.2) is 30.0 Å². The number of ether oxygens (including phenoxy) is 1. The number of hydrogen-bond donors (Lipinski definition) is 2. The Morgan fingerprint density at radius 2 is 1.85 bits per heavy atom. The van der Waals surface area contributed by atoms with E-state index in [1.165, 1.54) is 7.11 Å². The third-order valence-electron chi connectivity index (χ3n) is 4.01. The Balaban J connectivity index is 1.84. The first-order chi connectivity index (χ1) is 12.5. The topological polar surface area (TPSA) is 71.2 Å². The summed E-state index contributed by atoms with van der Waals surface area (Å²) in [6.45, 7) is 0. The van der Waals surface area contributed by atoms with Gasteiger partial charge in [0.15, 0.2) is 0 Å². The fraction of sp³-hybridized carbons (Fsp3) is 0.158. The maximum Gasteiger partial charge on any atom is 0.328 e. The quantitative estimate of drug-likeness (QED) is 0.689. The molecule has 5 nitrogen and oxygen atoms in total. The summed E-state index contributed by atoms with van der Waals surface area (Å²) in [5.41, 5.74) is 1.49. The zero-order valence-electron chi connectivity index (χ0n) is 13.9. The summed E-state index contributed by atoms with van der Waals surface area (Å²) >= 11 is 0. The average molecular weight is 358 g/mol. The Morgan fingerprint density at radius 3 is 2.54 bits per heavy atom. The fourth-order valence-corrected chi connectivity index (χ4v) is 2.78. The monoisotopic (exact) mass is 358 g/mol. The van der Waals surface area contributed by atoms with Gasteiger partial charge in [0.25, 0.3) is 5.91 Å². The lowest BCUT2D eigenvalue weighted by Crippen LogP contribution is -2.43. The van der Waals surface area contributed by atoms with Crippen molar-refractivity contribution >= 4 is 22.8 Å². The minimum atomic E-state index is -1.00. The number of benzene rings is 2. The summed E-state index contributed by atoms with van der Waals surface area (Å²) in [6.07, 6.45) is 1.91. The van der Waals surface area contributed by atoms with E-state index in [9.17, 15) is 18.4 Å². The highest BCUT2D eigenvalue weighted by molar-refractivity contribution is 5.97. The number of rotatable bonds is 5. The summed E-state index contributed by atoms with van der Waals surface area (Å²) in [5.74, 6) is -3.16. The van der Waals surface area contributed by atoms with Gasteiger partial charge in [-0.15, -0.1) is 0 Å². The number of H-pyrrole nitrogens is 1. The van der Waals surface area contributed by atoms with Crippen molar-refractivity contribution in [3.63, 3.8) is 0 Å². The van der Waals surface area contributed by atoms with E-state index in [2.05, 4.69) is 10.3 Å². The van der Waals surface area contributed by atoms with Crippen molar-refractivity contribution in [1.29, 1.82) is 0 Å². The Labute approximate surface area is 148 Å². The molecule has 2 aromatic carbocycles. The summed E-state index contributed by atoms with van der Waals surface area (Å²) in [7, 11) is 1.21. The predicted octanol–water partition coefficient (Wildman–Crippen LogP) is 2.96. The van der Waals surface area contributed by atoms with Gasteiger partial charge in [-0.1, -0.05) is 18.2 Å². The molecule has 0 fully saturated rings. The van der Waals surface area contributed by atoms with E-state index < -0.39 is 29.6 Å². The molecule has 3 rings (SSSR count). The minimum absolute atomic E-state index is 0.167. The number of hydrogen-bond acceptors (Lipinski definition) is 3. The van der Waals surface area contributed by atoms with Gasteiger partial charge in [-0.2, -0.15) is 0 Å². The van der Waals surface area contributed by atoms with Crippen molar-refractivity contribution in [1.82, 2.24) is 10.3 Å². The number of halogens is 2. The van der Waals surface area contributed by atoms with Crippen LogP contribution in [-0.2, 0) is 16.0 Å². The maximum absolute atomic E-state index is 13.3. The summed E-state index contributed by atoms with van der Waals surface area (Å²) in [6, 6.07) is 8.98. The molecule has 0 aliphatic carbocycles. The Morgan fingerprint density at radius 1 is 1.15 bits per heavy atom. The van der Waals surface area contributed by atoms with E-state index in [0.29, 0.717) is 6.07 Å². The van der Waals surface area contributed by atoms with Crippen LogP contribution in [0.4, 0.5) is 8.78 Å². The van der Waals surface area contributed by atoms with Gasteiger partial charge in [-0.05, 0) is 23.8 Å². The summed E-state index contributed by atoms with van der Waals surface area (Å²) in [4.78, 5) is 27.5. The molecule has 26 heavy (non-hydrogen) atoms. The van der Waals surface area contributed by atoms with Crippen LogP contribution >= 0.6 is 0 Å². The highest BCUT2D eigenvalue weighted by Gasteiger charge is 2.24. The van der Waals surface area contributed by atoms with Gasteiger partial charge < -0.3 is 15.0 Å². The first-order valence-electron chi connectivity index (χ1n) is 7.87. The molecule has 0 aliphatic heterocycles. The molecule has 3 aromatic rings. The Hall–Kier alpha value is -3.22. The number of esters is 1. The van der Waals surface area contributed by atoms with E-state index in [0.717, 1.165) is 28.6 Å². The van der Waals surface area contributed by atoms with Crippen LogP contribution in [0, 0.1) is 11.6 Å². The number of methoxy groups -OCH3 is 1. The van der Waals surface area contributed by atoms with Crippen LogP contribution in [0.1, 0.15) is 15.9 Å². The van der Waals surface area contributed by atoms with Gasteiger partial charge in [0.05, 0.1) is 7.11 Å². The molecule has 0 saturated carbocycles. The molecule has 1 amide bonds. The molecular formula is C19H16F2N2O3. The standard InChI is InChI=1S/C19H16F2N2O3/c1-26-19(25)17(8-12-10-22-16-5-3-2-4-15(12)16)23-18(24)11-6-13(20)9-14(21)7-11/h2-7,9-10,17,22H,8H2,1H3,(H,23,24)/t17-/m1/s1. The molecule has 7 heteroatoms. The number of nitrogens with one attached hydrogen (secondary N) is 2. The van der Waals surface area contributed by atoms with Crippen LogP contribution in [0.25, 0.3) is 10.9 Å². The predicted molar refractivity (Wildman–Crippen MR) is 91.6 cm³/mol. The third-order valence-corrected chi connectivity index (χ3v) is 4.01. The highest BCUT2D eigenvalue weighted by atomic mass is 19.1. The van der Waals surface area contributed by atoms with E-state index in [1.807, 2.05) is 24.3 Å². The molecule has 1 aromatic heterocycles. The van der Waals surface area contributed by atoms with E-state index in [4.69, 9.17) is 4.74 Å². The molecule has 0 radical (unpaired) electrons. The second-order valence-electron chi connectivity index (χ2n) is 5.77. The SMILES string of the molecule is COC(=O)[C@@H](Cc1c[nH]c2ccccc12)NC(=O)c1cc(F)cc(F)c1. The molecule has 0 spiro atoms. The number of aromatic amines is 1. The van der Waals surface area contributed by atoms with Crippen LogP contribution < -0.4 is 5.32 Å². The molecule has 1 heterocycles. The van der Waals surface area contributed by atoms with Crippen molar-refractivity contribution in [2.45, 2.75) is 12.5 Å². The van der Waals surface area contributed by atoms with Crippen LogP contribution in [0.5, 0.6) is 0 Å². The number of amides is 1. The first kappa shape index (κ1) is 17.6. The maximum atomic E-state index is 13.3. The van der Waals surface area contributed by atoms with Crippen molar-refractivity contribution in [3.05, 3.63) is 71.4 Å². The highest BCUT2D eigenvalue weighted by Crippen LogP contribution is 2.19. The van der Waals surface area contributed by atoms with Crippen molar-refractivity contribution in [2.24, 2.45) is 0 Å². The Bertz CT molecular complexity index is 948. The summed E-state index contributed by atoms with van der Waals surface area (Å²) in [5, 5.41) is 3.39. The van der Waals surface area contributed by atoms with Gasteiger partial charge in [-0.3, -0.25) is 4.79 Å². The first-order valence-corrected chi connectivity index (χ1v) is 7.87. The molecule has 0 unspecified atom stereocenters. The second-order valence-corrected chi connectivity index (χ2v) is 5.77. The summed E-state index contributed by atoms with van der Waals surface area (Å²) < 4.78 is 31.4. The molecule has 0 bridgehead atoms. The smallest absolute Gasteiger partial charge is 0.328 e. The Kier molecular flexibility index (Phi) is 4.97. The molecular weight excluding hydrogens is 342 g/mol. The number of para-hydroxylation sites is 1. The fourth-order valence-electron chi connectivity index (χ4n) is 2.78. The van der Waals surface area contributed by atoms with Gasteiger partial charge in [0.1, 0.15) is 17.7 Å². The van der Waals surface area contributed by atoms with E-state index in [-0.39, 0.29) is 12.0 Å². The number of carbonyl (C=O) groups excluding carboxylic acids is 2. The lowest BCUT2D eigenvalue weighted by atomic mass is 10.0. The van der Waals surface area contributed by atoms with Crippen molar-refractivity contribution in [2.75, 3.05) is 7.11 Å². The number of aromatic nitrogens is 1. The lowest BCUT2D eigenvalue weighted by Gasteiger charge is -2.16. The molecule has 2 N–H and O–H groups in total. The zero-order valence-corrected chi connectivity index (χ0v) is 13.9. The second kappa shape index (κ2) is 7.35. The lowest BCUT2D eigenvalue weighted by molar-refractivity contribution is -0.142. The van der Waals surface area contributed by atoms with Crippen LogP contribution in [0.2, 0.25) is 0 Å². The van der Waals surface area contributed by atoms with Gasteiger partial charge in [0, 0.05) is 35.2 Å². The van der Waals surface area contributed by atoms with E-state index in [1.54, 1.807) is 6.20 Å². The number of fused-ring (bicyclic) bond motifs is 1. The van der Waals surface area contributed by atoms with Crippen molar-refractivity contribution in [3.8, 4) is 0 Å². The number of carbonyl (C=O) groups is 2. The minimum Gasteiger partial charge on any atom is -0.467 e. The van der Waals surface area contributed by atoms with Gasteiger partial charge in [0.2, 0.25) is 0 Å². The van der Waals surface area contributed by atoms with E-state index >= 15 is 0 Å². The largest absolute Gasteiger partial charge is 0.467 e. The van der Waals surface area contributed by atoms with Crippen molar-refractivity contribution < 1.29 is 23.1 Å². The average Bonchev–Trinajstić information content (AvgIpc) is 3.02. The third kappa shape index (κ3) is 3.72. The van der Waals surface area contributed by atoms with Gasteiger partial charge in [-0.25, -0.2) is 13.6 Å². The zero-order chi connectivity index (χ0) is 18.7. The molecule has 0 saturated heterocycles.